The van der Waals surface area contributed by atoms with Crippen LogP contribution in [0, 0.1) is 18.6 Å². The van der Waals surface area contributed by atoms with Crippen molar-refractivity contribution in [3.63, 3.8) is 0 Å². The summed E-state index contributed by atoms with van der Waals surface area (Å²) in [6.45, 7) is 3.26. The third kappa shape index (κ3) is 5.11. The van der Waals surface area contributed by atoms with Gasteiger partial charge in [-0.2, -0.15) is 0 Å². The Bertz CT molecular complexity index is 740. The highest BCUT2D eigenvalue weighted by atomic mass is 19.1. The van der Waals surface area contributed by atoms with Gasteiger partial charge in [-0.3, -0.25) is 9.59 Å². The summed E-state index contributed by atoms with van der Waals surface area (Å²) in [5, 5.41) is 2.66. The van der Waals surface area contributed by atoms with Gasteiger partial charge in [-0.05, 0) is 24.6 Å². The fraction of sp³-hybridized carbons (Fsp3) is 0.263. The van der Waals surface area contributed by atoms with Crippen molar-refractivity contribution in [2.24, 2.45) is 0 Å². The Labute approximate surface area is 145 Å². The van der Waals surface area contributed by atoms with Crippen LogP contribution < -0.4 is 10.2 Å². The van der Waals surface area contributed by atoms with E-state index in [2.05, 4.69) is 5.32 Å². The van der Waals surface area contributed by atoms with Crippen LogP contribution in [0.3, 0.4) is 0 Å². The Kier molecular flexibility index (Phi) is 6.22. The molecular formula is C19H20F2N2O2. The lowest BCUT2D eigenvalue weighted by Gasteiger charge is -2.22. The fourth-order valence-corrected chi connectivity index (χ4v) is 2.43. The molecule has 132 valence electrons. The van der Waals surface area contributed by atoms with E-state index in [9.17, 15) is 18.4 Å². The van der Waals surface area contributed by atoms with Crippen LogP contribution in [0.1, 0.15) is 18.1 Å². The van der Waals surface area contributed by atoms with Gasteiger partial charge in [0.05, 0.1) is 6.42 Å². The Morgan fingerprint density at radius 3 is 2.20 bits per heavy atom. The van der Waals surface area contributed by atoms with E-state index in [1.807, 2.05) is 31.2 Å². The molecular weight excluding hydrogens is 326 g/mol. The van der Waals surface area contributed by atoms with E-state index >= 15 is 0 Å². The monoisotopic (exact) mass is 346 g/mol. The molecule has 0 bridgehead atoms. The van der Waals surface area contributed by atoms with Crippen LogP contribution in [0.2, 0.25) is 0 Å². The zero-order valence-electron chi connectivity index (χ0n) is 14.2. The lowest BCUT2D eigenvalue weighted by Crippen LogP contribution is -2.38. The molecule has 25 heavy (non-hydrogen) atoms. The van der Waals surface area contributed by atoms with Gasteiger partial charge in [0.1, 0.15) is 17.3 Å². The second kappa shape index (κ2) is 8.37. The number of hydrogen-bond acceptors (Lipinski definition) is 2. The maximum absolute atomic E-state index is 13.8. The zero-order chi connectivity index (χ0) is 18.4. The fourth-order valence-electron chi connectivity index (χ4n) is 2.43. The molecule has 0 aliphatic heterocycles. The Hall–Kier alpha value is -2.76. The van der Waals surface area contributed by atoms with Crippen molar-refractivity contribution < 1.29 is 18.4 Å². The van der Waals surface area contributed by atoms with Gasteiger partial charge in [0.15, 0.2) is 0 Å². The predicted octanol–water partition coefficient (Wildman–Crippen LogP) is 2.99. The van der Waals surface area contributed by atoms with Crippen molar-refractivity contribution in [3.05, 3.63) is 65.2 Å². The summed E-state index contributed by atoms with van der Waals surface area (Å²) in [7, 11) is 0. The van der Waals surface area contributed by atoms with Crippen molar-refractivity contribution >= 4 is 17.5 Å². The van der Waals surface area contributed by atoms with Crippen LogP contribution >= 0.6 is 0 Å². The first-order valence-electron chi connectivity index (χ1n) is 7.93. The molecule has 0 saturated heterocycles. The second-order valence-electron chi connectivity index (χ2n) is 5.75. The number of carbonyl (C=O) groups excluding carboxylic acids is 2. The SMILES string of the molecule is CC(=O)N(CCNC(=O)Cc1ccc(C)cc1)c1c(F)cccc1F. The number of aryl methyl sites for hydroxylation is 1. The number of nitrogens with one attached hydrogen (secondary N) is 1. The van der Waals surface area contributed by atoms with Gasteiger partial charge in [0, 0.05) is 20.0 Å². The number of carbonyl (C=O) groups is 2. The van der Waals surface area contributed by atoms with Crippen LogP contribution in [0.15, 0.2) is 42.5 Å². The number of halogens is 2. The minimum atomic E-state index is -0.818. The maximum atomic E-state index is 13.8. The maximum Gasteiger partial charge on any atom is 0.224 e. The summed E-state index contributed by atoms with van der Waals surface area (Å²) in [5.41, 5.74) is 1.57. The van der Waals surface area contributed by atoms with Gasteiger partial charge < -0.3 is 10.2 Å². The van der Waals surface area contributed by atoms with Gasteiger partial charge in [0.25, 0.3) is 0 Å². The number of amides is 2. The van der Waals surface area contributed by atoms with E-state index in [0.29, 0.717) is 0 Å². The first kappa shape index (κ1) is 18.6. The van der Waals surface area contributed by atoms with Crippen LogP contribution in [0.5, 0.6) is 0 Å². The average Bonchev–Trinajstić information content (AvgIpc) is 2.55. The van der Waals surface area contributed by atoms with Gasteiger partial charge in [-0.1, -0.05) is 35.9 Å². The lowest BCUT2D eigenvalue weighted by molar-refractivity contribution is -0.121. The van der Waals surface area contributed by atoms with Gasteiger partial charge in [0.2, 0.25) is 11.8 Å². The summed E-state index contributed by atoms with van der Waals surface area (Å²) in [6.07, 6.45) is 0.203. The molecule has 0 heterocycles. The molecule has 2 aromatic rings. The molecule has 0 unspecified atom stereocenters. The summed E-state index contributed by atoms with van der Waals surface area (Å²) in [4.78, 5) is 24.7. The molecule has 1 N–H and O–H groups in total. The Balaban J connectivity index is 1.94. The molecule has 2 aromatic carbocycles. The molecule has 2 rings (SSSR count). The standard InChI is InChI=1S/C19H20F2N2O2/c1-13-6-8-15(9-7-13)12-18(25)22-10-11-23(14(2)24)19-16(20)4-3-5-17(19)21/h3-9H,10-12H2,1-2H3,(H,22,25). The molecule has 0 spiro atoms. The number of hydrogen-bond donors (Lipinski definition) is 1. The van der Waals surface area contributed by atoms with Crippen molar-refractivity contribution in [1.29, 1.82) is 0 Å². The summed E-state index contributed by atoms with van der Waals surface area (Å²) in [5.74, 6) is -2.36. The Morgan fingerprint density at radius 2 is 1.64 bits per heavy atom. The molecule has 0 aliphatic carbocycles. The van der Waals surface area contributed by atoms with Crippen molar-refractivity contribution in [2.75, 3.05) is 18.0 Å². The molecule has 2 amide bonds. The molecule has 4 nitrogen and oxygen atoms in total. The van der Waals surface area contributed by atoms with E-state index in [1.165, 1.54) is 13.0 Å². The lowest BCUT2D eigenvalue weighted by atomic mass is 10.1. The molecule has 0 fully saturated rings. The summed E-state index contributed by atoms with van der Waals surface area (Å²) >= 11 is 0. The number of rotatable bonds is 6. The number of benzene rings is 2. The third-order valence-electron chi connectivity index (χ3n) is 3.73. The summed E-state index contributed by atoms with van der Waals surface area (Å²) < 4.78 is 27.7. The minimum absolute atomic E-state index is 0.0210. The largest absolute Gasteiger partial charge is 0.354 e. The molecule has 0 aromatic heterocycles. The quantitative estimate of drug-likeness (QED) is 0.874. The normalized spacial score (nSPS) is 10.4. The van der Waals surface area contributed by atoms with E-state index in [4.69, 9.17) is 0 Å². The van der Waals surface area contributed by atoms with Crippen LogP contribution in [-0.2, 0) is 16.0 Å². The third-order valence-corrected chi connectivity index (χ3v) is 3.73. The molecule has 0 saturated carbocycles. The van der Waals surface area contributed by atoms with Crippen molar-refractivity contribution in [1.82, 2.24) is 5.32 Å². The first-order chi connectivity index (χ1) is 11.9. The van der Waals surface area contributed by atoms with Crippen LogP contribution in [0.4, 0.5) is 14.5 Å². The first-order valence-corrected chi connectivity index (χ1v) is 7.93. The van der Waals surface area contributed by atoms with Crippen LogP contribution in [0.25, 0.3) is 0 Å². The molecule has 0 radical (unpaired) electrons. The predicted molar refractivity (Wildman–Crippen MR) is 92.3 cm³/mol. The second-order valence-corrected chi connectivity index (χ2v) is 5.75. The van der Waals surface area contributed by atoms with Gasteiger partial charge >= 0.3 is 0 Å². The van der Waals surface area contributed by atoms with E-state index in [1.54, 1.807) is 0 Å². The molecule has 0 aliphatic rings. The molecule has 6 heteroatoms. The van der Waals surface area contributed by atoms with Crippen molar-refractivity contribution in [2.45, 2.75) is 20.3 Å². The zero-order valence-corrected chi connectivity index (χ0v) is 14.2. The highest BCUT2D eigenvalue weighted by Gasteiger charge is 2.19. The number of nitrogens with zero attached hydrogens (tertiary/aromatic N) is 1. The van der Waals surface area contributed by atoms with Gasteiger partial charge in [-0.15, -0.1) is 0 Å². The molecule has 0 atom stereocenters. The topological polar surface area (TPSA) is 49.4 Å². The van der Waals surface area contributed by atoms with E-state index in [0.717, 1.165) is 28.2 Å². The van der Waals surface area contributed by atoms with Crippen molar-refractivity contribution in [3.8, 4) is 0 Å². The van der Waals surface area contributed by atoms with E-state index in [-0.39, 0.29) is 25.4 Å². The van der Waals surface area contributed by atoms with Gasteiger partial charge in [-0.25, -0.2) is 8.78 Å². The Morgan fingerprint density at radius 1 is 1.04 bits per heavy atom. The van der Waals surface area contributed by atoms with Crippen LogP contribution in [-0.4, -0.2) is 24.9 Å². The average molecular weight is 346 g/mol. The summed E-state index contributed by atoms with van der Waals surface area (Å²) in [6, 6.07) is 11.0. The highest BCUT2D eigenvalue weighted by molar-refractivity contribution is 5.91. The highest BCUT2D eigenvalue weighted by Crippen LogP contribution is 2.23. The van der Waals surface area contributed by atoms with E-state index < -0.39 is 23.2 Å². The smallest absolute Gasteiger partial charge is 0.224 e. The number of anilines is 1. The number of para-hydroxylation sites is 1. The minimum Gasteiger partial charge on any atom is -0.354 e.